The highest BCUT2D eigenvalue weighted by Crippen LogP contribution is 2.50. The number of carbonyl (C=O) groups is 10. The molecule has 23 heteroatoms. The Bertz CT molecular complexity index is 3020. The highest BCUT2D eigenvalue weighted by molar-refractivity contribution is 6.34. The number of hydrogen-bond donors (Lipinski definition) is 4. The molecule has 4 aliphatic rings. The van der Waals surface area contributed by atoms with E-state index in [0.717, 1.165) is 27.0 Å². The number of anilines is 1. The minimum absolute atomic E-state index is 0.0332. The number of nitrogens with two attached hydrogens (primary N) is 1. The number of halogens is 2. The number of amides is 7. The third-order valence-corrected chi connectivity index (χ3v) is 17.3. The zero-order chi connectivity index (χ0) is 63.5. The van der Waals surface area contributed by atoms with Crippen LogP contribution < -0.4 is 21.3 Å². The van der Waals surface area contributed by atoms with E-state index in [1.165, 1.54) is 50.3 Å². The predicted molar refractivity (Wildman–Crippen MR) is 316 cm³/mol. The van der Waals surface area contributed by atoms with E-state index in [0.29, 0.717) is 42.0 Å². The number of rotatable bonds is 23. The van der Waals surface area contributed by atoms with Crippen LogP contribution in [0.15, 0.2) is 66.3 Å². The van der Waals surface area contributed by atoms with E-state index < -0.39 is 125 Å². The highest BCUT2D eigenvalue weighted by Gasteiger charge is 2.64. The first-order chi connectivity index (χ1) is 40.5. The minimum atomic E-state index is -1.67. The van der Waals surface area contributed by atoms with Crippen molar-refractivity contribution >= 4 is 76.4 Å². The van der Waals surface area contributed by atoms with Gasteiger partial charge in [0.25, 0.3) is 17.7 Å². The van der Waals surface area contributed by atoms with E-state index in [2.05, 4.69) is 10.6 Å². The normalized spacial score (nSPS) is 25.3. The average Bonchev–Trinajstić information content (AvgIpc) is 1.60. The van der Waals surface area contributed by atoms with E-state index in [-0.39, 0.29) is 80.7 Å². The molecule has 0 radical (unpaired) electrons. The number of primary amides is 1. The van der Waals surface area contributed by atoms with Crippen molar-refractivity contribution in [1.82, 2.24) is 20.4 Å². The summed E-state index contributed by atoms with van der Waals surface area (Å²) in [4.78, 5) is 136. The van der Waals surface area contributed by atoms with Crippen molar-refractivity contribution < 1.29 is 76.4 Å². The van der Waals surface area contributed by atoms with Gasteiger partial charge in [0.2, 0.25) is 11.8 Å². The molecule has 4 heterocycles. The lowest BCUT2D eigenvalue weighted by molar-refractivity contribution is -0.187. The Hall–Kier alpha value is -7.14. The standard InChI is InChI=1S/C63H82ClFN6O15/c1-35(2)44(31-42(72)17-12-11-13-25-71-52(74)22-23-53(71)75)58(78)68-46(18-15-24-67-61(66)81)48(73)30-40-20-21-43(45(65)28-40)59(79)69(8)39(6)60(80)85-51-32-54(76)70(9)47-29-41(27-37(4)56(47)64)26-36(3)16-14-19-50(83-10)63(82)33-49(84-55(77)34-63)38(5)57-62(51,7)86-57/h14,16,19-23,27-29,35,38-39,44,46,49-51,57,82H,11-13,15,17-18,24-26,30-34H2,1-10H3,(H,68,78)(H3,66,67,81)/b19-14+,36-16+/t38-,39+,44+,46+,49+,50-,51+,57+,62+,63-/m1/s1. The molecule has 0 aliphatic carbocycles. The van der Waals surface area contributed by atoms with Gasteiger partial charge < -0.3 is 50.2 Å². The summed E-state index contributed by atoms with van der Waals surface area (Å²) in [5.74, 6) is -7.86. The van der Waals surface area contributed by atoms with Gasteiger partial charge in [-0.3, -0.25) is 43.3 Å². The molecule has 2 aromatic rings. The van der Waals surface area contributed by atoms with Crippen molar-refractivity contribution in [2.45, 2.75) is 173 Å². The molecule has 468 valence electrons. The molecule has 0 spiro atoms. The third-order valence-electron chi connectivity index (χ3n) is 16.8. The van der Waals surface area contributed by atoms with Crippen molar-refractivity contribution in [2.75, 3.05) is 39.2 Å². The Kier molecular flexibility index (Phi) is 23.3. The maximum atomic E-state index is 16.2. The monoisotopic (exact) mass is 1220 g/mol. The molecule has 0 unspecified atom stereocenters. The number of unbranched alkanes of at least 4 members (excludes halogenated alkanes) is 2. The zero-order valence-electron chi connectivity index (χ0n) is 50.7. The number of nitrogens with zero attached hydrogens (tertiary/aromatic N) is 3. The molecule has 86 heavy (non-hydrogen) atoms. The smallest absolute Gasteiger partial charge is 0.328 e. The van der Waals surface area contributed by atoms with Gasteiger partial charge >= 0.3 is 18.0 Å². The van der Waals surface area contributed by atoms with Crippen molar-refractivity contribution in [3.8, 4) is 0 Å². The maximum absolute atomic E-state index is 16.2. The Morgan fingerprint density at radius 3 is 2.35 bits per heavy atom. The molecule has 2 aromatic carbocycles. The summed E-state index contributed by atoms with van der Waals surface area (Å²) in [6.45, 7) is 12.4. The maximum Gasteiger partial charge on any atom is 0.328 e. The molecule has 4 bridgehead atoms. The van der Waals surface area contributed by atoms with Crippen LogP contribution in [-0.2, 0) is 70.1 Å². The van der Waals surface area contributed by atoms with E-state index >= 15 is 4.39 Å². The summed E-state index contributed by atoms with van der Waals surface area (Å²) >= 11 is 6.85. The van der Waals surface area contributed by atoms with Gasteiger partial charge in [-0.25, -0.2) is 14.0 Å². The number of methoxy groups -OCH3 is 1. The van der Waals surface area contributed by atoms with Crippen LogP contribution >= 0.6 is 11.6 Å². The van der Waals surface area contributed by atoms with E-state index in [1.54, 1.807) is 53.0 Å². The number of aliphatic hydroxyl groups is 1. The summed E-state index contributed by atoms with van der Waals surface area (Å²) in [7, 11) is 4.25. The number of allylic oxidation sites excluding steroid dienone is 3. The number of aryl methyl sites for hydroxylation is 1. The van der Waals surface area contributed by atoms with E-state index in [9.17, 15) is 53.1 Å². The number of carbonyl (C=O) groups excluding carboxylic acids is 10. The first kappa shape index (κ1) is 68.0. The number of likely N-dealkylation sites (N-methyl/N-ethyl adjacent to an activating group) is 1. The minimum Gasteiger partial charge on any atom is -0.462 e. The van der Waals surface area contributed by atoms with Crippen LogP contribution in [0.25, 0.3) is 0 Å². The second-order valence-electron chi connectivity index (χ2n) is 23.8. The Balaban J connectivity index is 1.15. The summed E-state index contributed by atoms with van der Waals surface area (Å²) < 4.78 is 40.2. The highest BCUT2D eigenvalue weighted by atomic mass is 35.5. The molecule has 7 amide bonds. The number of ketones is 2. The number of esters is 2. The third kappa shape index (κ3) is 17.1. The number of hydrogen-bond acceptors (Lipinski definition) is 15. The molecule has 0 saturated carbocycles. The topological polar surface area (TPSA) is 291 Å². The summed E-state index contributed by atoms with van der Waals surface area (Å²) in [6.07, 6.45) is 4.92. The SMILES string of the molecule is CO[C@@H]1/C=C/C=C(\C)Cc2cc(C)c(Cl)c(c2)N(C)C(=O)C[C@H](OC(=O)[C@H](C)N(C)C(=O)c2ccc(CC(=O)[C@H](CCCNC(N)=O)NC(=O)[C@@H](CC(=O)CCCCCN3C(=O)C=CC3=O)C(C)C)cc2F)[C@]2(C)O[C@H]2[C@H](C)[C@@H]2C[C@@]1(O)CC(=O)O2. The van der Waals surface area contributed by atoms with Gasteiger partial charge in [-0.2, -0.15) is 0 Å². The number of benzene rings is 2. The first-order valence-electron chi connectivity index (χ1n) is 29.2. The first-order valence-corrected chi connectivity index (χ1v) is 29.6. The quantitative estimate of drug-likeness (QED) is 0.0412. The number of imide groups is 1. The van der Waals surface area contributed by atoms with Gasteiger partial charge in [0.15, 0.2) is 5.78 Å². The molecule has 21 nitrogen and oxygen atoms in total. The number of Topliss-reactive ketones (excluding diaryl/α,β-unsaturated/α-hetero) is 2. The van der Waals surface area contributed by atoms with Gasteiger partial charge in [-0.1, -0.05) is 74.7 Å². The van der Waals surface area contributed by atoms with Crippen molar-refractivity contribution in [1.29, 1.82) is 0 Å². The number of urea groups is 1. The summed E-state index contributed by atoms with van der Waals surface area (Å²) in [5, 5.41) is 17.6. The molecule has 0 aromatic heterocycles. The molecule has 5 N–H and O–H groups in total. The molecular weight excluding hydrogens is 1140 g/mol. The van der Waals surface area contributed by atoms with Crippen LogP contribution in [-0.4, -0.2) is 156 Å². The predicted octanol–water partition coefficient (Wildman–Crippen LogP) is 6.28. The van der Waals surface area contributed by atoms with Gasteiger partial charge in [0, 0.05) is 84.0 Å². The lowest BCUT2D eigenvalue weighted by Crippen LogP contribution is -2.53. The second kappa shape index (κ2) is 29.5. The zero-order valence-corrected chi connectivity index (χ0v) is 51.5. The van der Waals surface area contributed by atoms with Crippen molar-refractivity contribution in [3.63, 3.8) is 0 Å². The second-order valence-corrected chi connectivity index (χ2v) is 24.1. The number of ether oxygens (including phenoxy) is 4. The van der Waals surface area contributed by atoms with Gasteiger partial charge in [0.1, 0.15) is 47.2 Å². The molecule has 6 rings (SSSR count). The molecule has 4 aliphatic heterocycles. The lowest BCUT2D eigenvalue weighted by atomic mass is 9.78. The van der Waals surface area contributed by atoms with Crippen LogP contribution in [0.4, 0.5) is 14.9 Å². The van der Waals surface area contributed by atoms with Crippen LogP contribution in [0.2, 0.25) is 5.02 Å². The Morgan fingerprint density at radius 1 is 1.00 bits per heavy atom. The van der Waals surface area contributed by atoms with Gasteiger partial charge in [-0.05, 0) is 101 Å². The summed E-state index contributed by atoms with van der Waals surface area (Å²) in [5.41, 5.74) is 4.76. The van der Waals surface area contributed by atoms with Crippen LogP contribution in [0, 0.1) is 30.5 Å². The number of nitrogens with one attached hydrogen (secondary N) is 2. The lowest BCUT2D eigenvalue weighted by Gasteiger charge is -2.41. The van der Waals surface area contributed by atoms with E-state index in [1.807, 2.05) is 26.0 Å². The van der Waals surface area contributed by atoms with Crippen molar-refractivity contribution in [3.05, 3.63) is 99.4 Å². The van der Waals surface area contributed by atoms with Crippen LogP contribution in [0.1, 0.15) is 133 Å². The molecule has 2 saturated heterocycles. The fourth-order valence-corrected chi connectivity index (χ4v) is 11.6. The largest absolute Gasteiger partial charge is 0.462 e. The van der Waals surface area contributed by atoms with Gasteiger partial charge in [-0.15, -0.1) is 0 Å². The Labute approximate surface area is 506 Å². The van der Waals surface area contributed by atoms with E-state index in [4.69, 9.17) is 36.3 Å². The fraction of sp³-hybridized carbons (Fsp3) is 0.556. The molecular formula is C63H82ClFN6O15. The molecule has 10 atom stereocenters. The fourth-order valence-electron chi connectivity index (χ4n) is 11.3. The van der Waals surface area contributed by atoms with Crippen LogP contribution in [0.3, 0.4) is 0 Å². The number of fused-ring (bicyclic) bond motifs is 5. The van der Waals surface area contributed by atoms with Gasteiger partial charge in [0.05, 0.1) is 41.3 Å². The summed E-state index contributed by atoms with van der Waals surface area (Å²) in [6, 6.07) is 3.92. The Morgan fingerprint density at radius 2 is 1.70 bits per heavy atom. The average molecular weight is 1220 g/mol. The number of epoxide rings is 1. The van der Waals surface area contributed by atoms with Crippen LogP contribution in [0.5, 0.6) is 0 Å². The molecule has 2 fully saturated rings. The van der Waals surface area contributed by atoms with Crippen molar-refractivity contribution in [2.24, 2.45) is 23.5 Å².